The number of nitrogens with one attached hydrogen (secondary N) is 3. The number of hydrogen-bond acceptors (Lipinski definition) is 3. The van der Waals surface area contributed by atoms with Crippen molar-refractivity contribution in [3.8, 4) is 17.6 Å². The first-order valence-electron chi connectivity index (χ1n) is 9.23. The van der Waals surface area contributed by atoms with Crippen molar-refractivity contribution in [3.05, 3.63) is 59.8 Å². The number of nitrogens with zero attached hydrogens (tertiary/aromatic N) is 1. The van der Waals surface area contributed by atoms with E-state index in [4.69, 9.17) is 4.74 Å². The molecule has 0 bridgehead atoms. The Labute approximate surface area is 168 Å². The van der Waals surface area contributed by atoms with Crippen molar-refractivity contribution in [2.24, 2.45) is 0 Å². The van der Waals surface area contributed by atoms with E-state index < -0.39 is 0 Å². The second-order valence-electron chi connectivity index (χ2n) is 6.55. The van der Waals surface area contributed by atoms with Crippen LogP contribution in [0.2, 0.25) is 0 Å². The van der Waals surface area contributed by atoms with E-state index in [-0.39, 0.29) is 18.5 Å². The summed E-state index contributed by atoms with van der Waals surface area (Å²) in [7, 11) is 1.60. The van der Waals surface area contributed by atoms with Crippen LogP contribution < -0.4 is 20.3 Å². The molecule has 146 valence electrons. The maximum absolute atomic E-state index is 12.3. The number of urea groups is 1. The summed E-state index contributed by atoms with van der Waals surface area (Å²) in [5, 5.41) is 6.50. The first-order chi connectivity index (χ1) is 14.1. The van der Waals surface area contributed by atoms with Gasteiger partial charge in [0.2, 0.25) is 0 Å². The van der Waals surface area contributed by atoms with Gasteiger partial charge in [-0.3, -0.25) is 9.69 Å². The second kappa shape index (κ2) is 7.98. The van der Waals surface area contributed by atoms with Crippen molar-refractivity contribution >= 4 is 28.5 Å². The fourth-order valence-corrected chi connectivity index (χ4v) is 3.16. The largest absolute Gasteiger partial charge is 0.497 e. The predicted octanol–water partition coefficient (Wildman–Crippen LogP) is 2.49. The van der Waals surface area contributed by atoms with Crippen LogP contribution in [-0.2, 0) is 0 Å². The first-order valence-corrected chi connectivity index (χ1v) is 9.23. The van der Waals surface area contributed by atoms with Gasteiger partial charge in [-0.1, -0.05) is 11.8 Å². The number of aromatic amines is 1. The van der Waals surface area contributed by atoms with Crippen LogP contribution in [0, 0.1) is 11.8 Å². The number of benzene rings is 2. The standard InChI is InChI=1S/C22H20N4O3/c1-29-18-9-6-16-13-20(25-19(16)14-18)21(27)23-10-2-3-15-4-7-17(8-5-15)26-12-11-24-22(26)28/h4-9,13-14,25H,10-12H2,1H3,(H,23,27)(H,24,28). The average Bonchev–Trinajstić information content (AvgIpc) is 3.37. The summed E-state index contributed by atoms with van der Waals surface area (Å²) < 4.78 is 5.19. The highest BCUT2D eigenvalue weighted by molar-refractivity contribution is 5.98. The molecule has 1 fully saturated rings. The smallest absolute Gasteiger partial charge is 0.321 e. The molecule has 1 aliphatic heterocycles. The molecule has 0 spiro atoms. The van der Waals surface area contributed by atoms with Gasteiger partial charge < -0.3 is 20.4 Å². The van der Waals surface area contributed by atoms with Crippen LogP contribution in [0.15, 0.2) is 48.5 Å². The Kier molecular flexibility index (Phi) is 5.08. The molecule has 0 radical (unpaired) electrons. The Morgan fingerprint density at radius 3 is 2.76 bits per heavy atom. The second-order valence-corrected chi connectivity index (χ2v) is 6.55. The fourth-order valence-electron chi connectivity index (χ4n) is 3.16. The molecule has 7 nitrogen and oxygen atoms in total. The van der Waals surface area contributed by atoms with Crippen molar-refractivity contribution < 1.29 is 14.3 Å². The molecule has 1 aromatic heterocycles. The molecular formula is C22H20N4O3. The Morgan fingerprint density at radius 2 is 2.03 bits per heavy atom. The normalized spacial score (nSPS) is 13.0. The number of methoxy groups -OCH3 is 1. The van der Waals surface area contributed by atoms with Gasteiger partial charge in [0.15, 0.2) is 0 Å². The third-order valence-electron chi connectivity index (χ3n) is 4.68. The minimum absolute atomic E-state index is 0.0815. The van der Waals surface area contributed by atoms with Gasteiger partial charge in [0.25, 0.3) is 5.91 Å². The molecule has 0 saturated carbocycles. The molecule has 7 heteroatoms. The molecule has 0 atom stereocenters. The summed E-state index contributed by atoms with van der Waals surface area (Å²) in [5.41, 5.74) is 2.98. The topological polar surface area (TPSA) is 86.5 Å². The maximum atomic E-state index is 12.3. The van der Waals surface area contributed by atoms with Crippen LogP contribution >= 0.6 is 0 Å². The molecule has 0 aliphatic carbocycles. The minimum atomic E-state index is -0.218. The van der Waals surface area contributed by atoms with E-state index in [9.17, 15) is 9.59 Å². The van der Waals surface area contributed by atoms with Gasteiger partial charge in [0.05, 0.1) is 13.7 Å². The van der Waals surface area contributed by atoms with E-state index >= 15 is 0 Å². The number of ether oxygens (including phenoxy) is 1. The third-order valence-corrected chi connectivity index (χ3v) is 4.68. The molecule has 4 rings (SSSR count). The summed E-state index contributed by atoms with van der Waals surface area (Å²) in [6, 6.07) is 14.8. The zero-order chi connectivity index (χ0) is 20.2. The number of aromatic nitrogens is 1. The third kappa shape index (κ3) is 4.01. The summed E-state index contributed by atoms with van der Waals surface area (Å²) >= 11 is 0. The number of rotatable bonds is 4. The quantitative estimate of drug-likeness (QED) is 0.600. The van der Waals surface area contributed by atoms with E-state index in [0.29, 0.717) is 18.8 Å². The maximum Gasteiger partial charge on any atom is 0.321 e. The molecule has 1 aliphatic rings. The Morgan fingerprint density at radius 1 is 1.21 bits per heavy atom. The lowest BCUT2D eigenvalue weighted by Gasteiger charge is -2.13. The Balaban J connectivity index is 1.35. The molecule has 0 unspecified atom stereocenters. The van der Waals surface area contributed by atoms with Crippen LogP contribution in [-0.4, -0.2) is 43.7 Å². The minimum Gasteiger partial charge on any atom is -0.497 e. The van der Waals surface area contributed by atoms with E-state index in [0.717, 1.165) is 27.9 Å². The van der Waals surface area contributed by atoms with Gasteiger partial charge in [-0.05, 0) is 42.5 Å². The lowest BCUT2D eigenvalue weighted by molar-refractivity contribution is 0.0954. The number of fused-ring (bicyclic) bond motifs is 1. The summed E-state index contributed by atoms with van der Waals surface area (Å²) in [5.74, 6) is 6.47. The van der Waals surface area contributed by atoms with Crippen LogP contribution in [0.4, 0.5) is 10.5 Å². The lowest BCUT2D eigenvalue weighted by Crippen LogP contribution is -2.27. The van der Waals surface area contributed by atoms with Gasteiger partial charge in [0.1, 0.15) is 11.4 Å². The van der Waals surface area contributed by atoms with Crippen molar-refractivity contribution in [2.75, 3.05) is 31.6 Å². The zero-order valence-electron chi connectivity index (χ0n) is 15.9. The molecular weight excluding hydrogens is 368 g/mol. The lowest BCUT2D eigenvalue weighted by atomic mass is 10.2. The number of carbonyl (C=O) groups excluding carboxylic acids is 2. The van der Waals surface area contributed by atoms with Crippen molar-refractivity contribution in [3.63, 3.8) is 0 Å². The van der Waals surface area contributed by atoms with Crippen LogP contribution in [0.5, 0.6) is 5.75 Å². The highest BCUT2D eigenvalue weighted by atomic mass is 16.5. The number of H-pyrrole nitrogens is 1. The van der Waals surface area contributed by atoms with Gasteiger partial charge in [-0.25, -0.2) is 4.79 Å². The molecule has 29 heavy (non-hydrogen) atoms. The van der Waals surface area contributed by atoms with Crippen LogP contribution in [0.1, 0.15) is 16.1 Å². The number of hydrogen-bond donors (Lipinski definition) is 3. The van der Waals surface area contributed by atoms with Crippen molar-refractivity contribution in [2.45, 2.75) is 0 Å². The van der Waals surface area contributed by atoms with Crippen LogP contribution in [0.25, 0.3) is 10.9 Å². The number of amides is 3. The van der Waals surface area contributed by atoms with E-state index in [1.54, 1.807) is 18.1 Å². The van der Waals surface area contributed by atoms with Crippen LogP contribution in [0.3, 0.4) is 0 Å². The summed E-state index contributed by atoms with van der Waals surface area (Å²) in [6.07, 6.45) is 0. The number of carbonyl (C=O) groups is 2. The fraction of sp³-hybridized carbons (Fsp3) is 0.182. The molecule has 2 aromatic carbocycles. The number of anilines is 1. The molecule has 2 heterocycles. The molecule has 3 N–H and O–H groups in total. The average molecular weight is 388 g/mol. The summed E-state index contributed by atoms with van der Waals surface area (Å²) in [6.45, 7) is 1.55. The van der Waals surface area contributed by atoms with Gasteiger partial charge in [-0.15, -0.1) is 0 Å². The van der Waals surface area contributed by atoms with E-state index in [2.05, 4.69) is 27.5 Å². The van der Waals surface area contributed by atoms with Crippen molar-refractivity contribution in [1.29, 1.82) is 0 Å². The SMILES string of the molecule is COc1ccc2cc(C(=O)NCC#Cc3ccc(N4CCNC4=O)cc3)[nH]c2c1. The highest BCUT2D eigenvalue weighted by Crippen LogP contribution is 2.21. The van der Waals surface area contributed by atoms with Gasteiger partial charge >= 0.3 is 6.03 Å². The Hall–Kier alpha value is -3.92. The van der Waals surface area contributed by atoms with Gasteiger partial charge in [0, 0.05) is 41.3 Å². The zero-order valence-corrected chi connectivity index (χ0v) is 15.9. The Bertz CT molecular complexity index is 1120. The molecule has 3 amide bonds. The van der Waals surface area contributed by atoms with E-state index in [1.165, 1.54) is 0 Å². The molecule has 3 aromatic rings. The van der Waals surface area contributed by atoms with Crippen molar-refractivity contribution in [1.82, 2.24) is 15.6 Å². The van der Waals surface area contributed by atoms with E-state index in [1.807, 2.05) is 42.5 Å². The first kappa shape index (κ1) is 18.4. The summed E-state index contributed by atoms with van der Waals surface area (Å²) in [4.78, 5) is 28.8. The monoisotopic (exact) mass is 388 g/mol. The van der Waals surface area contributed by atoms with Gasteiger partial charge in [-0.2, -0.15) is 0 Å². The predicted molar refractivity (Wildman–Crippen MR) is 111 cm³/mol. The molecule has 1 saturated heterocycles. The highest BCUT2D eigenvalue weighted by Gasteiger charge is 2.20.